The number of nitrogens with one attached hydrogen (secondary N) is 1. The van der Waals surface area contributed by atoms with E-state index in [9.17, 15) is 4.79 Å². The zero-order valence-corrected chi connectivity index (χ0v) is 13.3. The summed E-state index contributed by atoms with van der Waals surface area (Å²) in [4.78, 5) is 12.2. The van der Waals surface area contributed by atoms with Gasteiger partial charge in [-0.3, -0.25) is 4.79 Å². The van der Waals surface area contributed by atoms with Crippen LogP contribution in [0.4, 0.5) is 5.69 Å². The molecular weight excluding hydrogens is 296 g/mol. The number of nitrogens with two attached hydrogens (primary N) is 1. The number of carbonyl (C=O) groups excluding carboxylic acids is 1. The maximum atomic E-state index is 12.2. The monoisotopic (exact) mass is 314 g/mol. The number of carbonyl (C=O) groups is 1. The maximum absolute atomic E-state index is 12.2. The number of halogens is 1. The molecule has 2 aromatic rings. The minimum atomic E-state index is -0.0604. The summed E-state index contributed by atoms with van der Waals surface area (Å²) in [6.45, 7) is 1.94. The molecule has 3 N–H and O–H groups in total. The van der Waals surface area contributed by atoms with Crippen molar-refractivity contribution < 1.29 is 4.79 Å². The molecule has 0 saturated heterocycles. The number of benzene rings is 2. The molecule has 2 aromatic carbocycles. The summed E-state index contributed by atoms with van der Waals surface area (Å²) in [6, 6.07) is 11.8. The van der Waals surface area contributed by atoms with E-state index in [4.69, 9.17) is 17.3 Å². The fourth-order valence-electron chi connectivity index (χ4n) is 2.95. The average Bonchev–Trinajstić information content (AvgIpc) is 2.85. The average molecular weight is 315 g/mol. The van der Waals surface area contributed by atoms with Gasteiger partial charge in [-0.15, -0.1) is 0 Å². The summed E-state index contributed by atoms with van der Waals surface area (Å²) in [6.07, 6.45) is 2.23. The SMILES string of the molecule is Cc1cccc(CC(=O)Nc2ccc3c(c2)CC[C@@H]3N)c1Cl. The second-order valence-electron chi connectivity index (χ2n) is 5.83. The van der Waals surface area contributed by atoms with Crippen LogP contribution in [0.15, 0.2) is 36.4 Å². The van der Waals surface area contributed by atoms with Gasteiger partial charge in [-0.2, -0.15) is 0 Å². The summed E-state index contributed by atoms with van der Waals surface area (Å²) in [5.41, 5.74) is 11.1. The van der Waals surface area contributed by atoms with Gasteiger partial charge in [0, 0.05) is 16.8 Å². The van der Waals surface area contributed by atoms with Crippen molar-refractivity contribution in [1.29, 1.82) is 0 Å². The number of aryl methyl sites for hydroxylation is 2. The molecule has 0 bridgehead atoms. The van der Waals surface area contributed by atoms with Crippen LogP contribution < -0.4 is 11.1 Å². The normalized spacial score (nSPS) is 16.4. The standard InChI is InChI=1S/C18H19ClN2O/c1-11-3-2-4-13(18(11)19)10-17(22)21-14-6-7-15-12(9-14)5-8-16(15)20/h2-4,6-7,9,16H,5,8,10,20H2,1H3,(H,21,22)/t16-/m0/s1. The maximum Gasteiger partial charge on any atom is 0.228 e. The predicted octanol–water partition coefficient (Wildman–Crippen LogP) is 3.78. The molecule has 114 valence electrons. The highest BCUT2D eigenvalue weighted by Gasteiger charge is 2.19. The third-order valence-electron chi connectivity index (χ3n) is 4.17. The summed E-state index contributed by atoms with van der Waals surface area (Å²) < 4.78 is 0. The Balaban J connectivity index is 1.71. The number of amides is 1. The molecule has 1 atom stereocenters. The number of rotatable bonds is 3. The van der Waals surface area contributed by atoms with E-state index < -0.39 is 0 Å². The van der Waals surface area contributed by atoms with Crippen molar-refractivity contribution in [3.8, 4) is 0 Å². The van der Waals surface area contributed by atoms with Gasteiger partial charge in [-0.1, -0.05) is 35.9 Å². The molecule has 3 rings (SSSR count). The van der Waals surface area contributed by atoms with Gasteiger partial charge in [0.2, 0.25) is 5.91 Å². The minimum absolute atomic E-state index is 0.0604. The van der Waals surface area contributed by atoms with Crippen molar-refractivity contribution in [3.05, 3.63) is 63.7 Å². The Morgan fingerprint density at radius 1 is 1.36 bits per heavy atom. The number of anilines is 1. The van der Waals surface area contributed by atoms with Gasteiger partial charge in [0.1, 0.15) is 0 Å². The molecule has 0 spiro atoms. The highest BCUT2D eigenvalue weighted by molar-refractivity contribution is 6.32. The molecule has 0 radical (unpaired) electrons. The Morgan fingerprint density at radius 2 is 2.18 bits per heavy atom. The largest absolute Gasteiger partial charge is 0.326 e. The molecule has 4 heteroatoms. The highest BCUT2D eigenvalue weighted by atomic mass is 35.5. The molecule has 0 aliphatic heterocycles. The van der Waals surface area contributed by atoms with Crippen LogP contribution in [0.5, 0.6) is 0 Å². The fraction of sp³-hybridized carbons (Fsp3) is 0.278. The van der Waals surface area contributed by atoms with Crippen LogP contribution in [0.2, 0.25) is 5.02 Å². The lowest BCUT2D eigenvalue weighted by Gasteiger charge is -2.10. The summed E-state index contributed by atoms with van der Waals surface area (Å²) in [7, 11) is 0. The van der Waals surface area contributed by atoms with Gasteiger partial charge in [-0.05, 0) is 54.2 Å². The van der Waals surface area contributed by atoms with Gasteiger partial charge < -0.3 is 11.1 Å². The second kappa shape index (κ2) is 6.11. The Hall–Kier alpha value is -1.84. The number of fused-ring (bicyclic) bond motifs is 1. The predicted molar refractivity (Wildman–Crippen MR) is 90.2 cm³/mol. The first-order chi connectivity index (χ1) is 10.5. The second-order valence-corrected chi connectivity index (χ2v) is 6.21. The van der Waals surface area contributed by atoms with Crippen molar-refractivity contribution in [2.24, 2.45) is 5.73 Å². The number of hydrogen-bond donors (Lipinski definition) is 2. The third-order valence-corrected chi connectivity index (χ3v) is 4.71. The van der Waals surface area contributed by atoms with E-state index in [-0.39, 0.29) is 18.4 Å². The highest BCUT2D eigenvalue weighted by Crippen LogP contribution is 2.31. The lowest BCUT2D eigenvalue weighted by atomic mass is 10.1. The zero-order valence-electron chi connectivity index (χ0n) is 12.5. The lowest BCUT2D eigenvalue weighted by Crippen LogP contribution is -2.15. The van der Waals surface area contributed by atoms with Crippen LogP contribution >= 0.6 is 11.6 Å². The Kier molecular flexibility index (Phi) is 4.19. The smallest absolute Gasteiger partial charge is 0.228 e. The molecule has 1 amide bonds. The van der Waals surface area contributed by atoms with Crippen molar-refractivity contribution in [2.75, 3.05) is 5.32 Å². The van der Waals surface area contributed by atoms with Crippen LogP contribution in [-0.2, 0) is 17.6 Å². The minimum Gasteiger partial charge on any atom is -0.326 e. The third kappa shape index (κ3) is 3.01. The van der Waals surface area contributed by atoms with E-state index in [1.807, 2.05) is 43.3 Å². The van der Waals surface area contributed by atoms with Crippen molar-refractivity contribution in [3.63, 3.8) is 0 Å². The van der Waals surface area contributed by atoms with Gasteiger partial charge in [0.25, 0.3) is 0 Å². The van der Waals surface area contributed by atoms with E-state index in [0.29, 0.717) is 5.02 Å². The topological polar surface area (TPSA) is 55.1 Å². The molecule has 0 fully saturated rings. The summed E-state index contributed by atoms with van der Waals surface area (Å²) in [5, 5.41) is 3.61. The van der Waals surface area contributed by atoms with Crippen LogP contribution in [0.25, 0.3) is 0 Å². The zero-order chi connectivity index (χ0) is 15.7. The Morgan fingerprint density at radius 3 is 3.00 bits per heavy atom. The van der Waals surface area contributed by atoms with Crippen molar-refractivity contribution in [1.82, 2.24) is 0 Å². The first-order valence-electron chi connectivity index (χ1n) is 7.47. The van der Waals surface area contributed by atoms with E-state index in [1.165, 1.54) is 11.1 Å². The van der Waals surface area contributed by atoms with Crippen LogP contribution in [-0.4, -0.2) is 5.91 Å². The molecule has 1 aliphatic carbocycles. The van der Waals surface area contributed by atoms with Crippen LogP contribution in [0.3, 0.4) is 0 Å². The molecule has 0 aromatic heterocycles. The molecular formula is C18H19ClN2O. The molecule has 0 heterocycles. The molecule has 1 aliphatic rings. The van der Waals surface area contributed by atoms with E-state index in [0.717, 1.165) is 29.7 Å². The van der Waals surface area contributed by atoms with Crippen LogP contribution in [0.1, 0.15) is 34.7 Å². The fourth-order valence-corrected chi connectivity index (χ4v) is 3.14. The van der Waals surface area contributed by atoms with Crippen LogP contribution in [0, 0.1) is 6.92 Å². The van der Waals surface area contributed by atoms with Gasteiger partial charge in [0.05, 0.1) is 6.42 Å². The molecule has 0 saturated carbocycles. The number of hydrogen-bond acceptors (Lipinski definition) is 2. The van der Waals surface area contributed by atoms with Gasteiger partial charge in [-0.25, -0.2) is 0 Å². The Labute approximate surface area is 135 Å². The van der Waals surface area contributed by atoms with E-state index in [1.54, 1.807) is 0 Å². The quantitative estimate of drug-likeness (QED) is 0.906. The van der Waals surface area contributed by atoms with Crippen molar-refractivity contribution in [2.45, 2.75) is 32.2 Å². The van der Waals surface area contributed by atoms with Crippen molar-refractivity contribution >= 4 is 23.2 Å². The first-order valence-corrected chi connectivity index (χ1v) is 7.84. The molecule has 3 nitrogen and oxygen atoms in total. The van der Waals surface area contributed by atoms with E-state index >= 15 is 0 Å². The van der Waals surface area contributed by atoms with Gasteiger partial charge >= 0.3 is 0 Å². The first kappa shape index (κ1) is 15.1. The Bertz CT molecular complexity index is 727. The summed E-state index contributed by atoms with van der Waals surface area (Å²) in [5.74, 6) is -0.0604. The summed E-state index contributed by atoms with van der Waals surface area (Å²) >= 11 is 6.24. The molecule has 22 heavy (non-hydrogen) atoms. The van der Waals surface area contributed by atoms with Gasteiger partial charge in [0.15, 0.2) is 0 Å². The lowest BCUT2D eigenvalue weighted by molar-refractivity contribution is -0.115. The van der Waals surface area contributed by atoms with E-state index in [2.05, 4.69) is 5.32 Å². The molecule has 0 unspecified atom stereocenters.